The molecule has 0 fully saturated rings. The second kappa shape index (κ2) is 46.2. The highest BCUT2D eigenvalue weighted by molar-refractivity contribution is 5.70. The molecular weight excluding hydrogens is 693 g/mol. The number of carbonyl (C=O) groups is 2. The van der Waals surface area contributed by atoms with Crippen molar-refractivity contribution in [3.05, 3.63) is 97.2 Å². The Bertz CT molecular complexity index is 1110. The zero-order valence-electron chi connectivity index (χ0n) is 36.4. The molecule has 0 N–H and O–H groups in total. The first kappa shape index (κ1) is 52.8. The zero-order valence-corrected chi connectivity index (χ0v) is 36.4. The second-order valence-electron chi connectivity index (χ2n) is 14.5. The summed E-state index contributed by atoms with van der Waals surface area (Å²) < 4.78 is 17.2. The molecule has 0 aliphatic carbocycles. The van der Waals surface area contributed by atoms with E-state index in [1.54, 1.807) is 0 Å². The lowest BCUT2D eigenvalue weighted by molar-refractivity contribution is -0.163. The average molecular weight is 777 g/mol. The molecule has 1 atom stereocenters. The third-order valence-electron chi connectivity index (χ3n) is 9.12. The quantitative estimate of drug-likeness (QED) is 0.0352. The maximum absolute atomic E-state index is 12.7. The molecule has 56 heavy (non-hydrogen) atoms. The first-order chi connectivity index (χ1) is 27.6. The number of allylic oxidation sites excluding steroid dienone is 16. The Morgan fingerprint density at radius 1 is 0.411 bits per heavy atom. The van der Waals surface area contributed by atoms with E-state index in [4.69, 9.17) is 14.2 Å². The summed E-state index contributed by atoms with van der Waals surface area (Å²) in [4.78, 5) is 25.2. The van der Waals surface area contributed by atoms with Crippen LogP contribution in [0.4, 0.5) is 0 Å². The summed E-state index contributed by atoms with van der Waals surface area (Å²) in [7, 11) is 0. The Hall–Kier alpha value is -3.18. The molecule has 0 bridgehead atoms. The molecule has 5 nitrogen and oxygen atoms in total. The van der Waals surface area contributed by atoms with Gasteiger partial charge >= 0.3 is 11.9 Å². The van der Waals surface area contributed by atoms with E-state index < -0.39 is 6.10 Å². The van der Waals surface area contributed by atoms with Crippen molar-refractivity contribution in [1.82, 2.24) is 0 Å². The van der Waals surface area contributed by atoms with Gasteiger partial charge in [-0.25, -0.2) is 0 Å². The molecule has 0 aromatic carbocycles. The van der Waals surface area contributed by atoms with Crippen LogP contribution in [0.2, 0.25) is 0 Å². The second-order valence-corrected chi connectivity index (χ2v) is 14.5. The van der Waals surface area contributed by atoms with Crippen LogP contribution in [0.25, 0.3) is 0 Å². The molecule has 0 aromatic heterocycles. The van der Waals surface area contributed by atoms with Gasteiger partial charge in [0.15, 0.2) is 6.10 Å². The van der Waals surface area contributed by atoms with Gasteiger partial charge in [-0.2, -0.15) is 0 Å². The Morgan fingerprint density at radius 2 is 0.804 bits per heavy atom. The van der Waals surface area contributed by atoms with Crippen molar-refractivity contribution in [3.8, 4) is 0 Å². The molecule has 318 valence electrons. The summed E-state index contributed by atoms with van der Waals surface area (Å²) in [6.07, 6.45) is 61.3. The van der Waals surface area contributed by atoms with Gasteiger partial charge in [0.25, 0.3) is 0 Å². The van der Waals surface area contributed by atoms with E-state index in [0.29, 0.717) is 19.4 Å². The summed E-state index contributed by atoms with van der Waals surface area (Å²) in [5, 5.41) is 0. The summed E-state index contributed by atoms with van der Waals surface area (Å²) in [5.74, 6) is -0.472. The number of ether oxygens (including phenoxy) is 3. The first-order valence-corrected chi connectivity index (χ1v) is 22.8. The number of rotatable bonds is 40. The highest BCUT2D eigenvalue weighted by atomic mass is 16.6. The number of esters is 2. The van der Waals surface area contributed by atoms with Gasteiger partial charge in [-0.3, -0.25) is 9.59 Å². The van der Waals surface area contributed by atoms with Gasteiger partial charge in [-0.15, -0.1) is 0 Å². The Labute approximate surface area is 345 Å². The molecular formula is C51H84O5. The minimum absolute atomic E-state index is 0.0559. The smallest absolute Gasteiger partial charge is 0.306 e. The van der Waals surface area contributed by atoms with Gasteiger partial charge in [0.1, 0.15) is 6.61 Å². The fourth-order valence-electron chi connectivity index (χ4n) is 5.78. The maximum atomic E-state index is 12.7. The highest BCUT2D eigenvalue weighted by Gasteiger charge is 2.17. The molecule has 5 heteroatoms. The summed E-state index contributed by atoms with van der Waals surface area (Å²) in [6, 6.07) is 0. The highest BCUT2D eigenvalue weighted by Crippen LogP contribution is 2.11. The Kier molecular flexibility index (Phi) is 43.6. The van der Waals surface area contributed by atoms with Crippen LogP contribution in [-0.4, -0.2) is 37.9 Å². The normalized spacial score (nSPS) is 13.1. The molecule has 0 spiro atoms. The van der Waals surface area contributed by atoms with Crippen LogP contribution >= 0.6 is 0 Å². The third kappa shape index (κ3) is 43.5. The molecule has 0 aliphatic rings. The topological polar surface area (TPSA) is 61.8 Å². The average Bonchev–Trinajstić information content (AvgIpc) is 3.20. The van der Waals surface area contributed by atoms with Crippen LogP contribution in [-0.2, 0) is 23.8 Å². The SMILES string of the molecule is CC/C=C\C/C=C\C/C=C\C/C=C\CCCCCCCCC(=O)OCC(COCCCCCCCC)OC(=O)CCCC/C=C\C/C=C\C/C=C\C/C=C\CC. The summed E-state index contributed by atoms with van der Waals surface area (Å²) >= 11 is 0. The molecule has 0 heterocycles. The van der Waals surface area contributed by atoms with Gasteiger partial charge in [0.2, 0.25) is 0 Å². The van der Waals surface area contributed by atoms with Gasteiger partial charge in [-0.1, -0.05) is 176 Å². The van der Waals surface area contributed by atoms with Crippen LogP contribution < -0.4 is 0 Å². The Balaban J connectivity index is 4.22. The first-order valence-electron chi connectivity index (χ1n) is 22.8. The van der Waals surface area contributed by atoms with Crippen molar-refractivity contribution >= 4 is 11.9 Å². The van der Waals surface area contributed by atoms with E-state index in [1.807, 2.05) is 0 Å². The molecule has 0 saturated carbocycles. The van der Waals surface area contributed by atoms with Crippen molar-refractivity contribution in [2.75, 3.05) is 19.8 Å². The minimum atomic E-state index is -0.564. The molecule has 0 radical (unpaired) electrons. The number of hydrogen-bond acceptors (Lipinski definition) is 5. The van der Waals surface area contributed by atoms with Crippen molar-refractivity contribution in [3.63, 3.8) is 0 Å². The van der Waals surface area contributed by atoms with Crippen molar-refractivity contribution in [1.29, 1.82) is 0 Å². The van der Waals surface area contributed by atoms with Gasteiger partial charge in [-0.05, 0) is 96.3 Å². The van der Waals surface area contributed by atoms with Gasteiger partial charge in [0, 0.05) is 19.4 Å². The van der Waals surface area contributed by atoms with Crippen LogP contribution in [0.1, 0.15) is 188 Å². The van der Waals surface area contributed by atoms with E-state index in [-0.39, 0.29) is 25.2 Å². The summed E-state index contributed by atoms with van der Waals surface area (Å²) in [5.41, 5.74) is 0. The lowest BCUT2D eigenvalue weighted by Gasteiger charge is -2.18. The fraction of sp³-hybridized carbons (Fsp3) is 0.647. The van der Waals surface area contributed by atoms with E-state index in [0.717, 1.165) is 109 Å². The summed E-state index contributed by atoms with van der Waals surface area (Å²) in [6.45, 7) is 7.48. The van der Waals surface area contributed by atoms with Crippen LogP contribution in [0.3, 0.4) is 0 Å². The third-order valence-corrected chi connectivity index (χ3v) is 9.12. The number of unbranched alkanes of at least 4 members (excludes halogenated alkanes) is 13. The fourth-order valence-corrected chi connectivity index (χ4v) is 5.78. The molecule has 0 aliphatic heterocycles. The maximum Gasteiger partial charge on any atom is 0.306 e. The minimum Gasteiger partial charge on any atom is -0.462 e. The van der Waals surface area contributed by atoms with Crippen LogP contribution in [0, 0.1) is 0 Å². The standard InChI is InChI=1S/C51H84O5/c1-4-7-10-13-16-18-20-22-24-25-26-27-29-30-32-34-36-38-41-44-50(52)55-48-49(47-54-46-43-40-15-12-9-6-3)56-51(53)45-42-39-37-35-33-31-28-23-21-19-17-14-11-8-5-2/h7-8,10-11,16-19,22-24,26-28,33,35,49H,4-6,9,12-15,20-21,25,29-32,34,36-48H2,1-3H3/b10-7-,11-8-,18-16-,19-17-,24-22-,27-26-,28-23-,35-33-. The van der Waals surface area contributed by atoms with E-state index in [2.05, 4.69) is 118 Å². The van der Waals surface area contributed by atoms with E-state index in [1.165, 1.54) is 44.9 Å². The van der Waals surface area contributed by atoms with Crippen LogP contribution in [0.5, 0.6) is 0 Å². The molecule has 0 rings (SSSR count). The number of carbonyl (C=O) groups excluding carboxylic acids is 2. The van der Waals surface area contributed by atoms with Crippen molar-refractivity contribution in [2.24, 2.45) is 0 Å². The molecule has 0 amide bonds. The van der Waals surface area contributed by atoms with Crippen LogP contribution in [0.15, 0.2) is 97.2 Å². The zero-order chi connectivity index (χ0) is 40.7. The molecule has 1 unspecified atom stereocenters. The van der Waals surface area contributed by atoms with E-state index >= 15 is 0 Å². The molecule has 0 aromatic rings. The lowest BCUT2D eigenvalue weighted by Crippen LogP contribution is -2.30. The van der Waals surface area contributed by atoms with Crippen molar-refractivity contribution in [2.45, 2.75) is 194 Å². The lowest BCUT2D eigenvalue weighted by atomic mass is 10.1. The van der Waals surface area contributed by atoms with Crippen molar-refractivity contribution < 1.29 is 23.8 Å². The monoisotopic (exact) mass is 777 g/mol. The largest absolute Gasteiger partial charge is 0.462 e. The predicted octanol–water partition coefficient (Wildman–Crippen LogP) is 15.1. The van der Waals surface area contributed by atoms with E-state index in [9.17, 15) is 9.59 Å². The Morgan fingerprint density at radius 3 is 1.32 bits per heavy atom. The van der Waals surface area contributed by atoms with Gasteiger partial charge in [0.05, 0.1) is 6.61 Å². The number of hydrogen-bond donors (Lipinski definition) is 0. The molecule has 0 saturated heterocycles. The van der Waals surface area contributed by atoms with Gasteiger partial charge < -0.3 is 14.2 Å². The predicted molar refractivity (Wildman–Crippen MR) is 242 cm³/mol.